The largest absolute Gasteiger partial charge is 0.397 e. The number of hydrogen-bond acceptors (Lipinski definition) is 3. The maximum atomic E-state index is 10.9. The molecule has 21 heavy (non-hydrogen) atoms. The first kappa shape index (κ1) is 16.6. The zero-order valence-corrected chi connectivity index (χ0v) is 11.7. The van der Waals surface area contributed by atoms with Gasteiger partial charge in [0.15, 0.2) is 0 Å². The van der Waals surface area contributed by atoms with Gasteiger partial charge < -0.3 is 16.8 Å². The van der Waals surface area contributed by atoms with E-state index < -0.39 is 0 Å². The van der Waals surface area contributed by atoms with Gasteiger partial charge in [0.2, 0.25) is 5.91 Å². The van der Waals surface area contributed by atoms with Crippen molar-refractivity contribution in [3.8, 4) is 0 Å². The molecule has 0 unspecified atom stereocenters. The van der Waals surface area contributed by atoms with E-state index in [4.69, 9.17) is 11.5 Å². The third kappa shape index (κ3) is 4.24. The molecule has 5 N–H and O–H groups in total. The third-order valence-electron chi connectivity index (χ3n) is 3.13. The van der Waals surface area contributed by atoms with Crippen molar-refractivity contribution in [3.63, 3.8) is 0 Å². The number of anilines is 3. The molecular weight excluding hydrogens is 262 g/mol. The maximum Gasteiger partial charge on any atom is 0.228 e. The van der Waals surface area contributed by atoms with Crippen LogP contribution < -0.4 is 16.8 Å². The molecule has 0 fully saturated rings. The lowest BCUT2D eigenvalue weighted by molar-refractivity contribution is -0.115. The number of fused-ring (bicyclic) bond motifs is 1. The average Bonchev–Trinajstić information content (AvgIpc) is 2.74. The van der Waals surface area contributed by atoms with Crippen LogP contribution in [0.15, 0.2) is 36.4 Å². The molecule has 0 saturated carbocycles. The first-order valence-corrected chi connectivity index (χ1v) is 6.46. The van der Waals surface area contributed by atoms with Crippen LogP contribution in [0.1, 0.15) is 24.1 Å². The second kappa shape index (κ2) is 6.79. The van der Waals surface area contributed by atoms with Crippen molar-refractivity contribution in [3.05, 3.63) is 53.1 Å². The summed E-state index contributed by atoms with van der Waals surface area (Å²) < 4.78 is 0. The molecule has 0 aliphatic carbocycles. The van der Waals surface area contributed by atoms with Crippen molar-refractivity contribution < 1.29 is 4.79 Å². The molecule has 4 nitrogen and oxygen atoms in total. The van der Waals surface area contributed by atoms with Crippen LogP contribution in [0.2, 0.25) is 0 Å². The quantitative estimate of drug-likeness (QED) is 0.650. The molecular formula is C17H23N3O. The van der Waals surface area contributed by atoms with Gasteiger partial charge in [-0.1, -0.05) is 25.6 Å². The van der Waals surface area contributed by atoms with Crippen LogP contribution in [-0.4, -0.2) is 5.91 Å². The van der Waals surface area contributed by atoms with Crippen LogP contribution in [-0.2, 0) is 11.2 Å². The Balaban J connectivity index is 0.000000205. The lowest BCUT2D eigenvalue weighted by Crippen LogP contribution is -2.03. The lowest BCUT2D eigenvalue weighted by atomic mass is 10.1. The lowest BCUT2D eigenvalue weighted by Gasteiger charge is -1.98. The molecule has 0 radical (unpaired) electrons. The highest BCUT2D eigenvalue weighted by molar-refractivity contribution is 5.99. The van der Waals surface area contributed by atoms with Crippen molar-refractivity contribution in [2.45, 2.75) is 27.7 Å². The number of amides is 1. The SMILES string of the molecule is C.Cc1ccc(N)c(N)c1.Cc1ccc2c(c1)NC(=O)C2. The molecule has 2 aromatic carbocycles. The zero-order valence-electron chi connectivity index (χ0n) is 11.7. The van der Waals surface area contributed by atoms with Gasteiger partial charge in [0.05, 0.1) is 17.8 Å². The Morgan fingerprint density at radius 1 is 0.952 bits per heavy atom. The molecule has 2 aromatic rings. The Kier molecular flexibility index (Phi) is 5.36. The van der Waals surface area contributed by atoms with E-state index in [1.165, 1.54) is 5.56 Å². The van der Waals surface area contributed by atoms with E-state index in [1.54, 1.807) is 0 Å². The summed E-state index contributed by atoms with van der Waals surface area (Å²) in [5, 5.41) is 2.80. The van der Waals surface area contributed by atoms with Crippen molar-refractivity contribution in [2.75, 3.05) is 16.8 Å². The van der Waals surface area contributed by atoms with Gasteiger partial charge in [-0.2, -0.15) is 0 Å². The van der Waals surface area contributed by atoms with Gasteiger partial charge in [-0.25, -0.2) is 0 Å². The molecule has 4 heteroatoms. The number of carbonyl (C=O) groups excluding carboxylic acids is 1. The van der Waals surface area contributed by atoms with E-state index in [1.807, 2.05) is 50.2 Å². The monoisotopic (exact) mass is 285 g/mol. The van der Waals surface area contributed by atoms with Gasteiger partial charge in [-0.3, -0.25) is 4.79 Å². The fraction of sp³-hybridized carbons (Fsp3) is 0.235. The van der Waals surface area contributed by atoms with Gasteiger partial charge >= 0.3 is 0 Å². The minimum absolute atomic E-state index is 0. The summed E-state index contributed by atoms with van der Waals surface area (Å²) in [4.78, 5) is 10.9. The van der Waals surface area contributed by atoms with Crippen molar-refractivity contribution >= 4 is 23.0 Å². The smallest absolute Gasteiger partial charge is 0.228 e. The molecule has 0 atom stereocenters. The van der Waals surface area contributed by atoms with Gasteiger partial charge in [-0.05, 0) is 48.7 Å². The topological polar surface area (TPSA) is 81.1 Å². The number of aryl methyl sites for hydroxylation is 2. The molecule has 1 amide bonds. The van der Waals surface area contributed by atoms with E-state index in [9.17, 15) is 4.79 Å². The molecule has 1 aliphatic rings. The highest BCUT2D eigenvalue weighted by Gasteiger charge is 2.16. The predicted molar refractivity (Wildman–Crippen MR) is 90.2 cm³/mol. The molecule has 0 spiro atoms. The van der Waals surface area contributed by atoms with E-state index in [-0.39, 0.29) is 13.3 Å². The predicted octanol–water partition coefficient (Wildman–Crippen LogP) is 3.29. The number of hydrogen-bond donors (Lipinski definition) is 3. The highest BCUT2D eigenvalue weighted by atomic mass is 16.1. The number of rotatable bonds is 0. The summed E-state index contributed by atoms with van der Waals surface area (Å²) >= 11 is 0. The Bertz CT molecular complexity index is 650. The number of nitrogen functional groups attached to an aromatic ring is 2. The minimum atomic E-state index is 0. The fourth-order valence-electron chi connectivity index (χ4n) is 2.02. The molecule has 0 aromatic heterocycles. The van der Waals surface area contributed by atoms with Crippen LogP contribution in [0.3, 0.4) is 0 Å². The Morgan fingerprint density at radius 2 is 1.57 bits per heavy atom. The second-order valence-corrected chi connectivity index (χ2v) is 5.02. The molecule has 0 saturated heterocycles. The Hall–Kier alpha value is -2.49. The summed E-state index contributed by atoms with van der Waals surface area (Å²) in [5.74, 6) is 0.102. The number of benzene rings is 2. The van der Waals surface area contributed by atoms with Crippen LogP contribution in [0, 0.1) is 13.8 Å². The molecule has 1 heterocycles. The summed E-state index contributed by atoms with van der Waals surface area (Å²) in [5.41, 5.74) is 16.7. The minimum Gasteiger partial charge on any atom is -0.397 e. The van der Waals surface area contributed by atoms with Crippen molar-refractivity contribution in [1.29, 1.82) is 0 Å². The molecule has 0 bridgehead atoms. The summed E-state index contributed by atoms with van der Waals surface area (Å²) in [6, 6.07) is 11.6. The normalized spacial score (nSPS) is 11.6. The van der Waals surface area contributed by atoms with Crippen LogP contribution in [0.4, 0.5) is 17.1 Å². The highest BCUT2D eigenvalue weighted by Crippen LogP contribution is 2.23. The number of nitrogens with one attached hydrogen (secondary N) is 1. The van der Waals surface area contributed by atoms with E-state index in [0.29, 0.717) is 17.8 Å². The van der Waals surface area contributed by atoms with Gasteiger partial charge in [-0.15, -0.1) is 0 Å². The summed E-state index contributed by atoms with van der Waals surface area (Å²) in [7, 11) is 0. The van der Waals surface area contributed by atoms with Crippen LogP contribution >= 0.6 is 0 Å². The van der Waals surface area contributed by atoms with Gasteiger partial charge in [0.25, 0.3) is 0 Å². The van der Waals surface area contributed by atoms with E-state index >= 15 is 0 Å². The Morgan fingerprint density at radius 3 is 2.19 bits per heavy atom. The van der Waals surface area contributed by atoms with Gasteiger partial charge in [0.1, 0.15) is 0 Å². The van der Waals surface area contributed by atoms with Crippen LogP contribution in [0.5, 0.6) is 0 Å². The average molecular weight is 285 g/mol. The third-order valence-corrected chi connectivity index (χ3v) is 3.13. The van der Waals surface area contributed by atoms with Crippen LogP contribution in [0.25, 0.3) is 0 Å². The fourth-order valence-corrected chi connectivity index (χ4v) is 2.02. The molecule has 3 rings (SSSR count). The summed E-state index contributed by atoms with van der Waals surface area (Å²) in [6.07, 6.45) is 0.537. The number of nitrogens with two attached hydrogens (primary N) is 2. The Labute approximate surface area is 126 Å². The molecule has 1 aliphatic heterocycles. The first-order valence-electron chi connectivity index (χ1n) is 6.46. The standard InChI is InChI=1S/C9H9NO.C7H10N2.CH4/c1-6-2-3-7-5-9(11)10-8(7)4-6;1-5-2-3-6(8)7(9)4-5;/h2-4H,5H2,1H3,(H,10,11);2-4H,8-9H2,1H3;1H4. The first-order chi connectivity index (χ1) is 9.45. The number of carbonyl (C=O) groups is 1. The zero-order chi connectivity index (χ0) is 14.7. The van der Waals surface area contributed by atoms with Crippen molar-refractivity contribution in [1.82, 2.24) is 0 Å². The van der Waals surface area contributed by atoms with E-state index in [2.05, 4.69) is 5.32 Å². The summed E-state index contributed by atoms with van der Waals surface area (Å²) in [6.45, 7) is 4.00. The van der Waals surface area contributed by atoms with Gasteiger partial charge in [0, 0.05) is 5.69 Å². The molecule has 112 valence electrons. The van der Waals surface area contributed by atoms with E-state index in [0.717, 1.165) is 16.8 Å². The van der Waals surface area contributed by atoms with Crippen molar-refractivity contribution in [2.24, 2.45) is 0 Å². The second-order valence-electron chi connectivity index (χ2n) is 5.02. The maximum absolute atomic E-state index is 10.9.